The summed E-state index contributed by atoms with van der Waals surface area (Å²) in [6, 6.07) is 0. The largest absolute Gasteiger partial charge is 0.458 e. The highest BCUT2D eigenvalue weighted by atomic mass is 16.5. The lowest BCUT2D eigenvalue weighted by Crippen LogP contribution is -2.56. The van der Waals surface area contributed by atoms with Crippen LogP contribution in [-0.2, 0) is 19.1 Å². The van der Waals surface area contributed by atoms with Gasteiger partial charge in [-0.15, -0.1) is 0 Å². The lowest BCUT2D eigenvalue weighted by molar-refractivity contribution is -0.159. The van der Waals surface area contributed by atoms with Gasteiger partial charge in [-0.2, -0.15) is 0 Å². The van der Waals surface area contributed by atoms with Gasteiger partial charge in [0.1, 0.15) is 5.60 Å². The van der Waals surface area contributed by atoms with Crippen molar-refractivity contribution in [3.05, 3.63) is 36.0 Å². The van der Waals surface area contributed by atoms with E-state index >= 15 is 0 Å². The molecule has 0 radical (unpaired) electrons. The van der Waals surface area contributed by atoms with Gasteiger partial charge in [-0.05, 0) is 55.6 Å². The number of fused-ring (bicyclic) bond motifs is 5. The number of carbonyl (C=O) groups excluding carboxylic acids is 3. The van der Waals surface area contributed by atoms with Crippen LogP contribution in [0.3, 0.4) is 0 Å². The first-order valence-corrected chi connectivity index (χ1v) is 10.1. The summed E-state index contributed by atoms with van der Waals surface area (Å²) >= 11 is 0. The van der Waals surface area contributed by atoms with Crippen molar-refractivity contribution in [2.45, 2.75) is 52.1 Å². The van der Waals surface area contributed by atoms with Crippen LogP contribution in [0.15, 0.2) is 36.0 Å². The van der Waals surface area contributed by atoms with E-state index in [0.717, 1.165) is 19.3 Å². The third-order valence-electron chi connectivity index (χ3n) is 8.02. The quantitative estimate of drug-likeness (QED) is 0.598. The second kappa shape index (κ2) is 6.24. The van der Waals surface area contributed by atoms with Crippen LogP contribution < -0.4 is 0 Å². The minimum atomic E-state index is -1.51. The predicted molar refractivity (Wildman–Crippen MR) is 103 cm³/mol. The molecule has 5 heteroatoms. The molecule has 150 valence electrons. The predicted octanol–water partition coefficient (Wildman–Crippen LogP) is 2.93. The summed E-state index contributed by atoms with van der Waals surface area (Å²) in [4.78, 5) is 35.7. The number of hydrogen-bond donors (Lipinski definition) is 1. The summed E-state index contributed by atoms with van der Waals surface area (Å²) in [5, 5.41) is 11.4. The van der Waals surface area contributed by atoms with Gasteiger partial charge in [0.15, 0.2) is 12.4 Å². The third kappa shape index (κ3) is 2.52. The fraction of sp³-hybridized carbons (Fsp3) is 0.609. The number of allylic oxidation sites excluding steroid dienone is 5. The molecule has 0 heterocycles. The molecule has 5 nitrogen and oxygen atoms in total. The Morgan fingerprint density at radius 2 is 2.00 bits per heavy atom. The molecule has 0 aliphatic heterocycles. The van der Waals surface area contributed by atoms with Crippen LogP contribution in [0.2, 0.25) is 0 Å². The molecule has 2 fully saturated rings. The first kappa shape index (κ1) is 19.3. The minimum absolute atomic E-state index is 0.0573. The summed E-state index contributed by atoms with van der Waals surface area (Å²) in [7, 11) is 0. The Morgan fingerprint density at radius 3 is 2.71 bits per heavy atom. The normalized spacial score (nSPS) is 43.6. The van der Waals surface area contributed by atoms with E-state index in [1.165, 1.54) is 12.5 Å². The average Bonchev–Trinajstić information content (AvgIpc) is 2.92. The number of ketones is 2. The fourth-order valence-corrected chi connectivity index (χ4v) is 6.34. The van der Waals surface area contributed by atoms with E-state index in [4.69, 9.17) is 4.74 Å². The van der Waals surface area contributed by atoms with Gasteiger partial charge in [0.25, 0.3) is 0 Å². The molecule has 6 unspecified atom stereocenters. The molecule has 0 amide bonds. The van der Waals surface area contributed by atoms with Crippen molar-refractivity contribution in [2.24, 2.45) is 28.6 Å². The zero-order valence-electron chi connectivity index (χ0n) is 16.7. The summed E-state index contributed by atoms with van der Waals surface area (Å²) in [5.74, 6) is -0.109. The number of carbonyl (C=O) groups is 3. The second-order valence-electron chi connectivity index (χ2n) is 9.27. The van der Waals surface area contributed by atoms with Gasteiger partial charge in [0, 0.05) is 17.8 Å². The standard InChI is InChI=1S/C23H28O5/c1-14(24)28-13-20(26)23(27)11-8-19-17-5-4-15-12-16(25)6-9-21(15,2)18(17)7-10-22(19,23)3/h6-7,9-10,12,17-19,27H,4-5,8,11,13H2,1-3H3. The molecule has 4 rings (SSSR count). The third-order valence-corrected chi connectivity index (χ3v) is 8.02. The maximum absolute atomic E-state index is 12.8. The van der Waals surface area contributed by atoms with Crippen LogP contribution in [0.1, 0.15) is 46.5 Å². The number of ether oxygens (including phenoxy) is 1. The van der Waals surface area contributed by atoms with Crippen molar-refractivity contribution in [3.63, 3.8) is 0 Å². The summed E-state index contributed by atoms with van der Waals surface area (Å²) in [6.07, 6.45) is 12.6. The van der Waals surface area contributed by atoms with E-state index in [9.17, 15) is 19.5 Å². The molecule has 6 atom stereocenters. The molecule has 0 saturated heterocycles. The lowest BCUT2D eigenvalue weighted by Gasteiger charge is -2.54. The molecule has 4 aliphatic carbocycles. The Bertz CT molecular complexity index is 836. The van der Waals surface area contributed by atoms with Crippen molar-refractivity contribution in [1.29, 1.82) is 0 Å². The number of Topliss-reactive ketones (excluding diaryl/α,β-unsaturated/α-hetero) is 1. The van der Waals surface area contributed by atoms with Crippen molar-refractivity contribution in [1.82, 2.24) is 0 Å². The highest BCUT2D eigenvalue weighted by Crippen LogP contribution is 2.64. The van der Waals surface area contributed by atoms with Crippen LogP contribution in [0.25, 0.3) is 0 Å². The molecular weight excluding hydrogens is 356 g/mol. The Hall–Kier alpha value is -2.01. The molecule has 0 aromatic heterocycles. The molecule has 1 N–H and O–H groups in total. The Morgan fingerprint density at radius 1 is 1.25 bits per heavy atom. The van der Waals surface area contributed by atoms with Crippen LogP contribution in [0.5, 0.6) is 0 Å². The fourth-order valence-electron chi connectivity index (χ4n) is 6.34. The number of esters is 1. The van der Waals surface area contributed by atoms with Crippen LogP contribution >= 0.6 is 0 Å². The van der Waals surface area contributed by atoms with Gasteiger partial charge in [0.2, 0.25) is 5.78 Å². The first-order valence-electron chi connectivity index (χ1n) is 10.1. The topological polar surface area (TPSA) is 80.7 Å². The Labute approximate surface area is 165 Å². The van der Waals surface area contributed by atoms with E-state index in [-0.39, 0.29) is 29.6 Å². The van der Waals surface area contributed by atoms with Gasteiger partial charge >= 0.3 is 5.97 Å². The van der Waals surface area contributed by atoms with Crippen LogP contribution in [0.4, 0.5) is 0 Å². The summed E-state index contributed by atoms with van der Waals surface area (Å²) in [5.41, 5.74) is -1.17. The van der Waals surface area contributed by atoms with E-state index in [1.807, 2.05) is 19.1 Å². The smallest absolute Gasteiger partial charge is 0.303 e. The van der Waals surface area contributed by atoms with E-state index in [1.54, 1.807) is 12.2 Å². The summed E-state index contributed by atoms with van der Waals surface area (Å²) in [6.45, 7) is 5.04. The van der Waals surface area contributed by atoms with Gasteiger partial charge in [-0.25, -0.2) is 0 Å². The lowest BCUT2D eigenvalue weighted by atomic mass is 9.50. The molecular formula is C23H28O5. The van der Waals surface area contributed by atoms with E-state index in [2.05, 4.69) is 13.0 Å². The Balaban J connectivity index is 1.67. The highest BCUT2D eigenvalue weighted by molar-refractivity contribution is 6.01. The zero-order chi connectivity index (χ0) is 20.3. The minimum Gasteiger partial charge on any atom is -0.458 e. The molecule has 0 aromatic carbocycles. The van der Waals surface area contributed by atoms with Gasteiger partial charge < -0.3 is 9.84 Å². The van der Waals surface area contributed by atoms with Crippen molar-refractivity contribution < 1.29 is 24.2 Å². The molecule has 0 spiro atoms. The second-order valence-corrected chi connectivity index (χ2v) is 9.27. The maximum atomic E-state index is 12.8. The SMILES string of the molecule is CC(=O)OCC(=O)C1(O)CCC2C3CCC4=CC(=O)C=CC4(C)C3C=CC21C. The van der Waals surface area contributed by atoms with Crippen LogP contribution in [-0.4, -0.2) is 34.9 Å². The highest BCUT2D eigenvalue weighted by Gasteiger charge is 2.64. The molecule has 4 aliphatic rings. The number of hydrogen-bond acceptors (Lipinski definition) is 5. The van der Waals surface area contributed by atoms with Crippen molar-refractivity contribution in [3.8, 4) is 0 Å². The van der Waals surface area contributed by atoms with Gasteiger partial charge in [0.05, 0.1) is 0 Å². The number of aliphatic hydroxyl groups is 1. The molecule has 28 heavy (non-hydrogen) atoms. The monoisotopic (exact) mass is 384 g/mol. The van der Waals surface area contributed by atoms with Crippen molar-refractivity contribution in [2.75, 3.05) is 6.61 Å². The van der Waals surface area contributed by atoms with Gasteiger partial charge in [-0.3, -0.25) is 14.4 Å². The van der Waals surface area contributed by atoms with E-state index in [0.29, 0.717) is 12.3 Å². The number of rotatable bonds is 3. The van der Waals surface area contributed by atoms with Gasteiger partial charge in [-0.1, -0.05) is 37.6 Å². The summed E-state index contributed by atoms with van der Waals surface area (Å²) < 4.78 is 4.89. The van der Waals surface area contributed by atoms with Crippen molar-refractivity contribution >= 4 is 17.5 Å². The van der Waals surface area contributed by atoms with E-state index < -0.39 is 22.8 Å². The zero-order valence-corrected chi connectivity index (χ0v) is 16.7. The molecule has 0 bridgehead atoms. The first-order chi connectivity index (χ1) is 13.1. The molecule has 0 aromatic rings. The average molecular weight is 384 g/mol. The van der Waals surface area contributed by atoms with Crippen LogP contribution in [0, 0.1) is 28.6 Å². The maximum Gasteiger partial charge on any atom is 0.303 e. The molecule has 2 saturated carbocycles. The Kier molecular flexibility index (Phi) is 4.31.